The Morgan fingerprint density at radius 1 is 1.33 bits per heavy atom. The lowest BCUT2D eigenvalue weighted by Crippen LogP contribution is -2.41. The number of rotatable bonds is 4. The monoisotopic (exact) mass is 387 g/mol. The molecule has 0 spiro atoms. The summed E-state index contributed by atoms with van der Waals surface area (Å²) in [6, 6.07) is 11.8. The summed E-state index contributed by atoms with van der Waals surface area (Å²) >= 11 is 5.94. The number of hydrogen-bond donors (Lipinski definition) is 1. The van der Waals surface area contributed by atoms with Gasteiger partial charge in [-0.25, -0.2) is 9.37 Å². The number of ether oxygens (including phenoxy) is 1. The molecular weight excluding hydrogens is 369 g/mol. The van der Waals surface area contributed by atoms with Crippen molar-refractivity contribution in [2.24, 2.45) is 0 Å². The van der Waals surface area contributed by atoms with Crippen molar-refractivity contribution in [2.45, 2.75) is 18.8 Å². The van der Waals surface area contributed by atoms with Gasteiger partial charge in [0.15, 0.2) is 6.61 Å². The van der Waals surface area contributed by atoms with Gasteiger partial charge in [-0.2, -0.15) is 0 Å². The maximum absolute atomic E-state index is 13.1. The smallest absolute Gasteiger partial charge is 0.260 e. The molecule has 1 aliphatic rings. The number of halogens is 2. The van der Waals surface area contributed by atoms with Crippen molar-refractivity contribution < 1.29 is 13.9 Å². The lowest BCUT2D eigenvalue weighted by Gasteiger charge is -2.31. The van der Waals surface area contributed by atoms with Gasteiger partial charge in [-0.15, -0.1) is 0 Å². The van der Waals surface area contributed by atoms with Crippen molar-refractivity contribution in [3.63, 3.8) is 0 Å². The Bertz CT molecular complexity index is 942. The Kier molecular flexibility index (Phi) is 4.99. The molecule has 2 heterocycles. The molecule has 1 amide bonds. The number of carbonyl (C=O) groups is 1. The molecule has 0 saturated carbocycles. The lowest BCUT2D eigenvalue weighted by molar-refractivity contribution is -0.134. The molecule has 140 valence electrons. The topological polar surface area (TPSA) is 58.2 Å². The van der Waals surface area contributed by atoms with Gasteiger partial charge < -0.3 is 14.6 Å². The highest BCUT2D eigenvalue weighted by atomic mass is 35.5. The number of hydrogen-bond acceptors (Lipinski definition) is 3. The van der Waals surface area contributed by atoms with Crippen LogP contribution in [0.25, 0.3) is 11.0 Å². The molecule has 1 fully saturated rings. The number of benzene rings is 2. The van der Waals surface area contributed by atoms with Crippen molar-refractivity contribution in [1.29, 1.82) is 0 Å². The van der Waals surface area contributed by atoms with E-state index >= 15 is 0 Å². The molecule has 5 nitrogen and oxygen atoms in total. The minimum Gasteiger partial charge on any atom is -0.482 e. The zero-order chi connectivity index (χ0) is 18.8. The average Bonchev–Trinajstić information content (AvgIpc) is 3.11. The number of imidazole rings is 1. The highest BCUT2D eigenvalue weighted by Gasteiger charge is 2.27. The number of piperidine rings is 1. The SMILES string of the molecule is O=C(COc1ccc(F)cc1Cl)N1CCC[C@H](c2nc3ccccc3[nH]2)C1. The van der Waals surface area contributed by atoms with Crippen LogP contribution in [-0.4, -0.2) is 40.5 Å². The Morgan fingerprint density at radius 2 is 2.19 bits per heavy atom. The predicted octanol–water partition coefficient (Wildman–Crippen LogP) is 4.14. The van der Waals surface area contributed by atoms with Crippen LogP contribution in [-0.2, 0) is 4.79 Å². The second kappa shape index (κ2) is 7.56. The largest absolute Gasteiger partial charge is 0.482 e. The van der Waals surface area contributed by atoms with Gasteiger partial charge in [-0.3, -0.25) is 4.79 Å². The summed E-state index contributed by atoms with van der Waals surface area (Å²) < 4.78 is 18.6. The fourth-order valence-corrected chi connectivity index (χ4v) is 3.64. The highest BCUT2D eigenvalue weighted by Crippen LogP contribution is 2.28. The minimum atomic E-state index is -0.441. The Balaban J connectivity index is 1.40. The quantitative estimate of drug-likeness (QED) is 0.732. The number of aromatic nitrogens is 2. The van der Waals surface area contributed by atoms with Gasteiger partial charge in [0.2, 0.25) is 0 Å². The van der Waals surface area contributed by atoms with Crippen molar-refractivity contribution in [3.8, 4) is 5.75 Å². The van der Waals surface area contributed by atoms with E-state index < -0.39 is 5.82 Å². The number of nitrogens with one attached hydrogen (secondary N) is 1. The van der Waals surface area contributed by atoms with E-state index in [9.17, 15) is 9.18 Å². The van der Waals surface area contributed by atoms with Crippen LogP contribution in [0.15, 0.2) is 42.5 Å². The third-order valence-electron chi connectivity index (χ3n) is 4.81. The highest BCUT2D eigenvalue weighted by molar-refractivity contribution is 6.32. The van der Waals surface area contributed by atoms with E-state index in [0.29, 0.717) is 18.8 Å². The second-order valence-corrected chi connectivity index (χ2v) is 7.09. The fourth-order valence-electron chi connectivity index (χ4n) is 3.42. The molecule has 0 unspecified atom stereocenters. The summed E-state index contributed by atoms with van der Waals surface area (Å²) in [5.41, 5.74) is 1.94. The van der Waals surface area contributed by atoms with Crippen molar-refractivity contribution in [3.05, 3.63) is 59.1 Å². The number of aromatic amines is 1. The van der Waals surface area contributed by atoms with Crippen LogP contribution in [0.1, 0.15) is 24.6 Å². The van der Waals surface area contributed by atoms with Crippen LogP contribution in [0.3, 0.4) is 0 Å². The van der Waals surface area contributed by atoms with Gasteiger partial charge >= 0.3 is 0 Å². The number of amides is 1. The molecule has 3 aromatic rings. The van der Waals surface area contributed by atoms with Crippen LogP contribution >= 0.6 is 11.6 Å². The van der Waals surface area contributed by atoms with Gasteiger partial charge in [0.25, 0.3) is 5.91 Å². The summed E-state index contributed by atoms with van der Waals surface area (Å²) in [5, 5.41) is 0.154. The summed E-state index contributed by atoms with van der Waals surface area (Å²) in [5.74, 6) is 0.831. The van der Waals surface area contributed by atoms with Crippen LogP contribution in [0, 0.1) is 5.82 Å². The third kappa shape index (κ3) is 3.90. The van der Waals surface area contributed by atoms with Gasteiger partial charge in [0, 0.05) is 19.0 Å². The molecule has 1 atom stereocenters. The van der Waals surface area contributed by atoms with E-state index in [1.165, 1.54) is 18.2 Å². The van der Waals surface area contributed by atoms with Crippen LogP contribution in [0.4, 0.5) is 4.39 Å². The van der Waals surface area contributed by atoms with Gasteiger partial charge in [-0.05, 0) is 43.2 Å². The number of para-hydroxylation sites is 2. The van der Waals surface area contributed by atoms with E-state index in [-0.39, 0.29) is 23.5 Å². The molecule has 0 bridgehead atoms. The number of fused-ring (bicyclic) bond motifs is 1. The molecule has 1 saturated heterocycles. The molecule has 0 radical (unpaired) electrons. The van der Waals surface area contributed by atoms with E-state index in [4.69, 9.17) is 16.3 Å². The molecule has 27 heavy (non-hydrogen) atoms. The van der Waals surface area contributed by atoms with Crippen molar-refractivity contribution in [2.75, 3.05) is 19.7 Å². The molecule has 1 aromatic heterocycles. The normalized spacial score (nSPS) is 17.3. The average molecular weight is 388 g/mol. The first-order valence-electron chi connectivity index (χ1n) is 8.90. The van der Waals surface area contributed by atoms with E-state index in [1.807, 2.05) is 24.3 Å². The van der Waals surface area contributed by atoms with Crippen LogP contribution in [0.5, 0.6) is 5.75 Å². The standard InChI is InChI=1S/C20H19ClFN3O2/c21-15-10-14(22)7-8-18(15)27-12-19(26)25-9-3-4-13(11-25)20-23-16-5-1-2-6-17(16)24-20/h1-2,5-8,10,13H,3-4,9,11-12H2,(H,23,24)/t13-/m0/s1. The molecular formula is C20H19ClFN3O2. The minimum absolute atomic E-state index is 0.115. The maximum Gasteiger partial charge on any atom is 0.260 e. The third-order valence-corrected chi connectivity index (χ3v) is 5.11. The summed E-state index contributed by atoms with van der Waals surface area (Å²) in [7, 11) is 0. The molecule has 7 heteroatoms. The summed E-state index contributed by atoms with van der Waals surface area (Å²) in [6.07, 6.45) is 1.89. The Labute approximate surface area is 161 Å². The van der Waals surface area contributed by atoms with Crippen molar-refractivity contribution >= 4 is 28.5 Å². The first-order valence-corrected chi connectivity index (χ1v) is 9.28. The zero-order valence-corrected chi connectivity index (χ0v) is 15.4. The molecule has 4 rings (SSSR count). The molecule has 2 aromatic carbocycles. The van der Waals surface area contributed by atoms with Gasteiger partial charge in [0.1, 0.15) is 17.4 Å². The number of nitrogens with zero attached hydrogens (tertiary/aromatic N) is 2. The predicted molar refractivity (Wildman–Crippen MR) is 102 cm³/mol. The second-order valence-electron chi connectivity index (χ2n) is 6.68. The fraction of sp³-hybridized carbons (Fsp3) is 0.300. The number of H-pyrrole nitrogens is 1. The molecule has 0 aliphatic carbocycles. The first kappa shape index (κ1) is 17.8. The summed E-state index contributed by atoms with van der Waals surface area (Å²) in [4.78, 5) is 22.4. The molecule has 1 aliphatic heterocycles. The number of likely N-dealkylation sites (tertiary alicyclic amines) is 1. The number of carbonyl (C=O) groups excluding carboxylic acids is 1. The van der Waals surface area contributed by atoms with E-state index in [0.717, 1.165) is 29.7 Å². The van der Waals surface area contributed by atoms with E-state index in [2.05, 4.69) is 9.97 Å². The van der Waals surface area contributed by atoms with Crippen LogP contribution in [0.2, 0.25) is 5.02 Å². The zero-order valence-electron chi connectivity index (χ0n) is 14.6. The molecule has 1 N–H and O–H groups in total. The van der Waals surface area contributed by atoms with E-state index in [1.54, 1.807) is 4.90 Å². The van der Waals surface area contributed by atoms with Crippen LogP contribution < -0.4 is 4.74 Å². The summed E-state index contributed by atoms with van der Waals surface area (Å²) in [6.45, 7) is 1.16. The van der Waals surface area contributed by atoms with Crippen molar-refractivity contribution in [1.82, 2.24) is 14.9 Å². The Morgan fingerprint density at radius 3 is 3.00 bits per heavy atom. The lowest BCUT2D eigenvalue weighted by atomic mass is 9.97. The van der Waals surface area contributed by atoms with Gasteiger partial charge in [-0.1, -0.05) is 23.7 Å². The first-order chi connectivity index (χ1) is 13.1. The Hall–Kier alpha value is -2.60. The van der Waals surface area contributed by atoms with Gasteiger partial charge in [0.05, 0.1) is 16.1 Å². The maximum atomic E-state index is 13.1.